The summed E-state index contributed by atoms with van der Waals surface area (Å²) in [4.78, 5) is 2.57. The van der Waals surface area contributed by atoms with Crippen LogP contribution in [0.4, 0.5) is 4.39 Å². The van der Waals surface area contributed by atoms with E-state index in [-0.39, 0.29) is 11.0 Å². The summed E-state index contributed by atoms with van der Waals surface area (Å²) < 4.78 is 31.4. The van der Waals surface area contributed by atoms with Gasteiger partial charge in [0.2, 0.25) is 0 Å². The van der Waals surface area contributed by atoms with Crippen LogP contribution < -0.4 is 0 Å². The molecular weight excluding hydrogens is 265 g/mol. The van der Waals surface area contributed by atoms with E-state index in [1.807, 2.05) is 0 Å². The minimum Gasteiger partial charge on any atom is -0.375 e. The van der Waals surface area contributed by atoms with Crippen molar-refractivity contribution in [2.24, 2.45) is 0 Å². The van der Waals surface area contributed by atoms with Crippen molar-refractivity contribution in [1.82, 2.24) is 4.90 Å². The lowest BCUT2D eigenvalue weighted by Crippen LogP contribution is -2.47. The molecule has 0 N–H and O–H groups in total. The van der Waals surface area contributed by atoms with Crippen LogP contribution in [0, 0.1) is 5.82 Å². The van der Waals surface area contributed by atoms with Gasteiger partial charge in [-0.25, -0.2) is 4.39 Å². The van der Waals surface area contributed by atoms with Gasteiger partial charge in [-0.1, -0.05) is 12.1 Å². The third-order valence-electron chi connectivity index (χ3n) is 3.32. The van der Waals surface area contributed by atoms with Crippen LogP contribution in [-0.4, -0.2) is 46.7 Å². The molecule has 0 spiro atoms. The Balaban J connectivity index is 1.97. The zero-order chi connectivity index (χ0) is 13.8. The van der Waals surface area contributed by atoms with Crippen molar-refractivity contribution in [3.8, 4) is 0 Å². The molecule has 1 aliphatic heterocycles. The van der Waals surface area contributed by atoms with Crippen molar-refractivity contribution in [2.45, 2.75) is 30.9 Å². The standard InChI is InChI=1S/C14H20FNO2S/c1-11(2)16-7-8-18-12(9-16)10-19(17)14-6-4-3-5-13(14)15/h3-6,11-12H,7-10H2,1-2H3. The Morgan fingerprint density at radius 3 is 2.89 bits per heavy atom. The average molecular weight is 285 g/mol. The Morgan fingerprint density at radius 1 is 1.47 bits per heavy atom. The van der Waals surface area contributed by atoms with Gasteiger partial charge in [0, 0.05) is 19.1 Å². The molecule has 2 rings (SSSR count). The molecule has 0 aromatic heterocycles. The first-order valence-corrected chi connectivity index (χ1v) is 7.88. The molecule has 0 saturated carbocycles. The van der Waals surface area contributed by atoms with Crippen molar-refractivity contribution in [1.29, 1.82) is 0 Å². The summed E-state index contributed by atoms with van der Waals surface area (Å²) in [6, 6.07) is 6.68. The maximum Gasteiger partial charge on any atom is 0.139 e. The second-order valence-electron chi connectivity index (χ2n) is 5.02. The zero-order valence-electron chi connectivity index (χ0n) is 11.3. The Kier molecular flexibility index (Phi) is 5.07. The number of ether oxygens (including phenoxy) is 1. The molecule has 1 fully saturated rings. The molecule has 2 atom stereocenters. The highest BCUT2D eigenvalue weighted by Gasteiger charge is 2.24. The highest BCUT2D eigenvalue weighted by Crippen LogP contribution is 2.16. The van der Waals surface area contributed by atoms with Crippen LogP contribution in [0.15, 0.2) is 29.2 Å². The molecule has 0 radical (unpaired) electrons. The van der Waals surface area contributed by atoms with Gasteiger partial charge < -0.3 is 4.74 Å². The van der Waals surface area contributed by atoms with E-state index in [2.05, 4.69) is 18.7 Å². The summed E-state index contributed by atoms with van der Waals surface area (Å²) in [6.45, 7) is 6.59. The third kappa shape index (κ3) is 3.84. The second-order valence-corrected chi connectivity index (χ2v) is 6.49. The van der Waals surface area contributed by atoms with Crippen molar-refractivity contribution >= 4 is 10.8 Å². The van der Waals surface area contributed by atoms with E-state index in [1.54, 1.807) is 18.2 Å². The Bertz CT molecular complexity index is 453. The SMILES string of the molecule is CC(C)N1CCOC(CS(=O)c2ccccc2F)C1. The molecule has 1 heterocycles. The highest BCUT2D eigenvalue weighted by atomic mass is 32.2. The first-order chi connectivity index (χ1) is 9.08. The van der Waals surface area contributed by atoms with Crippen molar-refractivity contribution < 1.29 is 13.3 Å². The molecule has 106 valence electrons. The molecule has 1 aliphatic rings. The zero-order valence-corrected chi connectivity index (χ0v) is 12.2. The largest absolute Gasteiger partial charge is 0.375 e. The normalized spacial score (nSPS) is 22.6. The summed E-state index contributed by atoms with van der Waals surface area (Å²) in [5.41, 5.74) is 0. The number of morpholine rings is 1. The average Bonchev–Trinajstić information content (AvgIpc) is 2.39. The van der Waals surface area contributed by atoms with E-state index < -0.39 is 16.6 Å². The Morgan fingerprint density at radius 2 is 2.21 bits per heavy atom. The third-order valence-corrected chi connectivity index (χ3v) is 4.82. The number of benzene rings is 1. The minimum absolute atomic E-state index is 0.0865. The van der Waals surface area contributed by atoms with E-state index in [0.717, 1.165) is 13.1 Å². The van der Waals surface area contributed by atoms with Crippen molar-refractivity contribution in [3.05, 3.63) is 30.1 Å². The molecule has 3 nitrogen and oxygen atoms in total. The molecule has 19 heavy (non-hydrogen) atoms. The molecule has 1 aromatic rings. The van der Waals surface area contributed by atoms with Gasteiger partial charge in [-0.2, -0.15) is 0 Å². The summed E-state index contributed by atoms with van der Waals surface area (Å²) >= 11 is 0. The lowest BCUT2D eigenvalue weighted by Gasteiger charge is -2.35. The lowest BCUT2D eigenvalue weighted by atomic mass is 10.2. The number of hydrogen-bond donors (Lipinski definition) is 0. The number of nitrogens with zero attached hydrogens (tertiary/aromatic N) is 1. The molecule has 0 amide bonds. The lowest BCUT2D eigenvalue weighted by molar-refractivity contribution is -0.0269. The van der Waals surface area contributed by atoms with Crippen LogP contribution in [0.25, 0.3) is 0 Å². The van der Waals surface area contributed by atoms with Gasteiger partial charge in [0.25, 0.3) is 0 Å². The van der Waals surface area contributed by atoms with E-state index in [0.29, 0.717) is 18.4 Å². The van der Waals surface area contributed by atoms with E-state index in [9.17, 15) is 8.60 Å². The fraction of sp³-hybridized carbons (Fsp3) is 0.571. The molecular formula is C14H20FNO2S. The Labute approximate surface area is 116 Å². The van der Waals surface area contributed by atoms with Crippen LogP contribution in [0.3, 0.4) is 0 Å². The van der Waals surface area contributed by atoms with Crippen LogP contribution in [0.5, 0.6) is 0 Å². The topological polar surface area (TPSA) is 29.5 Å². The van der Waals surface area contributed by atoms with Gasteiger partial charge in [0.1, 0.15) is 5.82 Å². The quantitative estimate of drug-likeness (QED) is 0.848. The summed E-state index contributed by atoms with van der Waals surface area (Å²) in [7, 11) is -1.35. The van der Waals surface area contributed by atoms with Crippen molar-refractivity contribution in [2.75, 3.05) is 25.4 Å². The molecule has 1 aromatic carbocycles. The fourth-order valence-electron chi connectivity index (χ4n) is 2.20. The molecule has 0 bridgehead atoms. The van der Waals surface area contributed by atoms with Gasteiger partial charge in [-0.3, -0.25) is 9.11 Å². The van der Waals surface area contributed by atoms with Gasteiger partial charge in [-0.05, 0) is 26.0 Å². The molecule has 5 heteroatoms. The summed E-state index contributed by atoms with van der Waals surface area (Å²) in [5.74, 6) is -0.0539. The van der Waals surface area contributed by atoms with Crippen LogP contribution in [0.1, 0.15) is 13.8 Å². The predicted octanol–water partition coefficient (Wildman–Crippen LogP) is 2.04. The molecule has 2 unspecified atom stereocenters. The minimum atomic E-state index is -1.35. The van der Waals surface area contributed by atoms with Gasteiger partial charge in [0.15, 0.2) is 0 Å². The summed E-state index contributed by atoms with van der Waals surface area (Å²) in [6.07, 6.45) is -0.0865. The molecule has 0 aliphatic carbocycles. The monoisotopic (exact) mass is 285 g/mol. The van der Waals surface area contributed by atoms with Gasteiger partial charge >= 0.3 is 0 Å². The highest BCUT2D eigenvalue weighted by molar-refractivity contribution is 7.85. The number of hydrogen-bond acceptors (Lipinski definition) is 3. The first-order valence-electron chi connectivity index (χ1n) is 6.56. The van der Waals surface area contributed by atoms with E-state index >= 15 is 0 Å². The maximum atomic E-state index is 13.6. The van der Waals surface area contributed by atoms with E-state index in [1.165, 1.54) is 6.07 Å². The van der Waals surface area contributed by atoms with Gasteiger partial charge in [-0.15, -0.1) is 0 Å². The maximum absolute atomic E-state index is 13.6. The number of rotatable bonds is 4. The number of halogens is 1. The van der Waals surface area contributed by atoms with Crippen LogP contribution in [0.2, 0.25) is 0 Å². The van der Waals surface area contributed by atoms with Crippen LogP contribution >= 0.6 is 0 Å². The van der Waals surface area contributed by atoms with Crippen molar-refractivity contribution in [3.63, 3.8) is 0 Å². The van der Waals surface area contributed by atoms with Gasteiger partial charge in [0.05, 0.1) is 34.2 Å². The summed E-state index contributed by atoms with van der Waals surface area (Å²) in [5, 5.41) is 0. The smallest absolute Gasteiger partial charge is 0.139 e. The fourth-order valence-corrected chi connectivity index (χ4v) is 3.43. The predicted molar refractivity (Wildman–Crippen MR) is 74.1 cm³/mol. The first kappa shape index (κ1) is 14.6. The Hall–Kier alpha value is -0.780. The second kappa shape index (κ2) is 6.59. The van der Waals surface area contributed by atoms with Crippen LogP contribution in [-0.2, 0) is 15.5 Å². The molecule has 1 saturated heterocycles. The van der Waals surface area contributed by atoms with E-state index in [4.69, 9.17) is 4.74 Å².